The summed E-state index contributed by atoms with van der Waals surface area (Å²) >= 11 is 0. The van der Waals surface area contributed by atoms with Gasteiger partial charge < -0.3 is 15.3 Å². The molecule has 1 heterocycles. The number of hydrogen-bond acceptors (Lipinski definition) is 4. The number of aromatic hydroxyl groups is 2. The van der Waals surface area contributed by atoms with Crippen molar-refractivity contribution < 1.29 is 20.1 Å². The van der Waals surface area contributed by atoms with E-state index < -0.39 is 12.0 Å². The van der Waals surface area contributed by atoms with Crippen molar-refractivity contribution in [1.29, 1.82) is 0 Å². The molecule has 1 aromatic rings. The lowest BCUT2D eigenvalue weighted by molar-refractivity contribution is -0.136. The number of carbonyl (C=O) groups is 1. The summed E-state index contributed by atoms with van der Waals surface area (Å²) in [6, 6.07) is 1.60. The topological polar surface area (TPSA) is 90.1 Å². The first-order valence-electron chi connectivity index (χ1n) is 3.92. The van der Waals surface area contributed by atoms with E-state index in [4.69, 9.17) is 15.3 Å². The molecule has 0 aromatic heterocycles. The molecule has 1 aliphatic rings. The van der Waals surface area contributed by atoms with Crippen LogP contribution in [0.4, 0.5) is 0 Å². The molecule has 72 valence electrons. The van der Waals surface area contributed by atoms with E-state index in [0.717, 1.165) is 0 Å². The fraction of sp³-hybridized carbons (Fsp3) is 0.111. The number of fused-ring (bicyclic) bond motifs is 1. The molecule has 0 bridgehead atoms. The Kier molecular flexibility index (Phi) is 1.67. The normalized spacial score (nSPS) is 18.1. The van der Waals surface area contributed by atoms with E-state index in [1.165, 1.54) is 18.2 Å². The van der Waals surface area contributed by atoms with Crippen molar-refractivity contribution in [3.63, 3.8) is 0 Å². The van der Waals surface area contributed by atoms with Gasteiger partial charge in [-0.3, -0.25) is 4.99 Å². The number of phenolic OH excluding ortho intramolecular Hbond substituents is 2. The first-order chi connectivity index (χ1) is 6.58. The number of benzene rings is 1. The van der Waals surface area contributed by atoms with E-state index in [-0.39, 0.29) is 11.5 Å². The summed E-state index contributed by atoms with van der Waals surface area (Å²) in [4.78, 5) is 14.4. The summed E-state index contributed by atoms with van der Waals surface area (Å²) in [6.07, 6.45) is 1.41. The molecule has 2 rings (SSSR count). The Labute approximate surface area is 78.3 Å². The van der Waals surface area contributed by atoms with Crippen LogP contribution in [0.3, 0.4) is 0 Å². The number of hydrogen-bond donors (Lipinski definition) is 3. The minimum absolute atomic E-state index is 0.277. The minimum Gasteiger partial charge on any atom is -0.504 e. The Bertz CT molecular complexity index is 479. The van der Waals surface area contributed by atoms with Gasteiger partial charge in [0.15, 0.2) is 17.5 Å². The Morgan fingerprint density at radius 2 is 1.93 bits per heavy atom. The molecule has 1 aromatic carbocycles. The fourth-order valence-corrected chi connectivity index (χ4v) is 1.31. The third kappa shape index (κ3) is 1.19. The van der Waals surface area contributed by atoms with Crippen LogP contribution in [0.15, 0.2) is 17.1 Å². The van der Waals surface area contributed by atoms with Crippen molar-refractivity contribution in [3.05, 3.63) is 22.7 Å². The maximum atomic E-state index is 10.6. The molecular formula is C9H7NO4. The zero-order chi connectivity index (χ0) is 10.3. The summed E-state index contributed by atoms with van der Waals surface area (Å²) in [5, 5.41) is 27.9. The SMILES string of the molecule is O=C(O)C1C=c2cc(O)c(O)cc2=N1. The maximum absolute atomic E-state index is 10.6. The minimum atomic E-state index is -1.06. The van der Waals surface area contributed by atoms with Gasteiger partial charge >= 0.3 is 5.97 Å². The van der Waals surface area contributed by atoms with Crippen molar-refractivity contribution in [3.8, 4) is 11.5 Å². The molecule has 0 saturated carbocycles. The van der Waals surface area contributed by atoms with Gasteiger partial charge in [-0.15, -0.1) is 0 Å². The highest BCUT2D eigenvalue weighted by molar-refractivity contribution is 5.82. The zero-order valence-corrected chi connectivity index (χ0v) is 7.01. The van der Waals surface area contributed by atoms with Crippen LogP contribution in [-0.4, -0.2) is 27.3 Å². The summed E-state index contributed by atoms with van der Waals surface area (Å²) < 4.78 is 0. The predicted molar refractivity (Wildman–Crippen MR) is 46.4 cm³/mol. The molecular weight excluding hydrogens is 186 g/mol. The molecule has 0 saturated heterocycles. The third-order valence-electron chi connectivity index (χ3n) is 1.99. The summed E-state index contributed by atoms with van der Waals surface area (Å²) in [5.74, 6) is -1.63. The molecule has 0 aliphatic carbocycles. The van der Waals surface area contributed by atoms with Crippen LogP contribution >= 0.6 is 0 Å². The number of nitrogens with zero attached hydrogens (tertiary/aromatic N) is 1. The van der Waals surface area contributed by atoms with Crippen LogP contribution in [0.2, 0.25) is 0 Å². The molecule has 0 radical (unpaired) electrons. The monoisotopic (exact) mass is 193 g/mol. The molecule has 0 spiro atoms. The van der Waals surface area contributed by atoms with Gasteiger partial charge in [0.1, 0.15) is 0 Å². The Balaban J connectivity index is 2.65. The molecule has 0 fully saturated rings. The third-order valence-corrected chi connectivity index (χ3v) is 1.99. The summed E-state index contributed by atoms with van der Waals surface area (Å²) in [6.45, 7) is 0. The second-order valence-corrected chi connectivity index (χ2v) is 2.98. The smallest absolute Gasteiger partial charge is 0.332 e. The van der Waals surface area contributed by atoms with Gasteiger partial charge in [0.2, 0.25) is 0 Å². The zero-order valence-electron chi connectivity index (χ0n) is 7.01. The van der Waals surface area contributed by atoms with Crippen LogP contribution in [0.1, 0.15) is 0 Å². The number of phenols is 2. The highest BCUT2D eigenvalue weighted by Gasteiger charge is 2.17. The Hall–Kier alpha value is -2.04. The van der Waals surface area contributed by atoms with Gasteiger partial charge in [0.25, 0.3) is 0 Å². The number of carboxylic acid groups (broad SMARTS) is 1. The first kappa shape index (κ1) is 8.55. The second-order valence-electron chi connectivity index (χ2n) is 2.98. The lowest BCUT2D eigenvalue weighted by atomic mass is 10.2. The molecule has 5 nitrogen and oxygen atoms in total. The quantitative estimate of drug-likeness (QED) is 0.497. The summed E-state index contributed by atoms with van der Waals surface area (Å²) in [5.41, 5.74) is 0. The molecule has 1 unspecified atom stereocenters. The van der Waals surface area contributed by atoms with Crippen LogP contribution in [0, 0.1) is 0 Å². The van der Waals surface area contributed by atoms with Crippen molar-refractivity contribution >= 4 is 12.0 Å². The molecule has 1 atom stereocenters. The van der Waals surface area contributed by atoms with Crippen molar-refractivity contribution in [2.45, 2.75) is 6.04 Å². The van der Waals surface area contributed by atoms with Crippen LogP contribution in [0.25, 0.3) is 6.08 Å². The van der Waals surface area contributed by atoms with Gasteiger partial charge in [-0.25, -0.2) is 4.79 Å². The Morgan fingerprint density at radius 3 is 2.57 bits per heavy atom. The van der Waals surface area contributed by atoms with Crippen LogP contribution in [-0.2, 0) is 4.79 Å². The van der Waals surface area contributed by atoms with E-state index >= 15 is 0 Å². The lowest BCUT2D eigenvalue weighted by Crippen LogP contribution is -2.20. The van der Waals surface area contributed by atoms with E-state index in [9.17, 15) is 4.79 Å². The average Bonchev–Trinajstić information content (AvgIpc) is 2.48. The molecule has 1 aliphatic heterocycles. The van der Waals surface area contributed by atoms with Crippen molar-refractivity contribution in [2.75, 3.05) is 0 Å². The van der Waals surface area contributed by atoms with Gasteiger partial charge in [0.05, 0.1) is 5.36 Å². The summed E-state index contributed by atoms with van der Waals surface area (Å²) in [7, 11) is 0. The van der Waals surface area contributed by atoms with E-state index in [2.05, 4.69) is 4.99 Å². The van der Waals surface area contributed by atoms with Gasteiger partial charge in [-0.05, 0) is 12.1 Å². The van der Waals surface area contributed by atoms with E-state index in [1.54, 1.807) is 0 Å². The number of aliphatic carboxylic acids is 1. The highest BCUT2D eigenvalue weighted by atomic mass is 16.4. The van der Waals surface area contributed by atoms with Gasteiger partial charge in [-0.1, -0.05) is 0 Å². The van der Waals surface area contributed by atoms with E-state index in [0.29, 0.717) is 10.6 Å². The lowest BCUT2D eigenvalue weighted by Gasteiger charge is -1.93. The molecule has 5 heteroatoms. The second kappa shape index (κ2) is 2.73. The molecule has 0 amide bonds. The maximum Gasteiger partial charge on any atom is 0.332 e. The number of carboxylic acids is 1. The van der Waals surface area contributed by atoms with E-state index in [1.807, 2.05) is 0 Å². The highest BCUT2D eigenvalue weighted by Crippen LogP contribution is 2.19. The predicted octanol–water partition coefficient (Wildman–Crippen LogP) is -1.04. The van der Waals surface area contributed by atoms with Crippen LogP contribution < -0.4 is 10.6 Å². The molecule has 3 N–H and O–H groups in total. The first-order valence-corrected chi connectivity index (χ1v) is 3.92. The van der Waals surface area contributed by atoms with Crippen LogP contribution in [0.5, 0.6) is 11.5 Å². The van der Waals surface area contributed by atoms with Gasteiger partial charge in [0, 0.05) is 11.3 Å². The average molecular weight is 193 g/mol. The Morgan fingerprint density at radius 1 is 1.29 bits per heavy atom. The largest absolute Gasteiger partial charge is 0.504 e. The van der Waals surface area contributed by atoms with Crippen molar-refractivity contribution in [1.82, 2.24) is 0 Å². The van der Waals surface area contributed by atoms with Gasteiger partial charge in [-0.2, -0.15) is 0 Å². The van der Waals surface area contributed by atoms with Crippen molar-refractivity contribution in [2.24, 2.45) is 4.99 Å². The fourth-order valence-electron chi connectivity index (χ4n) is 1.31. The molecule has 14 heavy (non-hydrogen) atoms. The number of rotatable bonds is 1. The standard InChI is InChI=1S/C9H7NO4/c11-7-2-4-1-6(9(13)14)10-5(4)3-8(7)12/h1-3,6,11-12H,(H,13,14).